The third-order valence-corrected chi connectivity index (χ3v) is 5.57. The molecule has 1 saturated heterocycles. The fraction of sp³-hybridized carbons (Fsp3) is 0. The van der Waals surface area contributed by atoms with Gasteiger partial charge in [-0.3, -0.25) is 19.8 Å². The Bertz CT molecular complexity index is 1140. The number of halogens is 2. The van der Waals surface area contributed by atoms with E-state index < -0.39 is 11.8 Å². The van der Waals surface area contributed by atoms with Crippen molar-refractivity contribution in [2.75, 3.05) is 4.90 Å². The van der Waals surface area contributed by atoms with Gasteiger partial charge in [0.2, 0.25) is 0 Å². The van der Waals surface area contributed by atoms with Crippen LogP contribution in [0.15, 0.2) is 53.4 Å². The molecular formula is C19H10ClFN2O2S2. The molecule has 0 spiro atoms. The number of hydrogen-bond donors (Lipinski definition) is 1. The van der Waals surface area contributed by atoms with Gasteiger partial charge >= 0.3 is 0 Å². The Hall–Kier alpha value is -2.61. The third-order valence-electron chi connectivity index (χ3n) is 4.05. The predicted octanol–water partition coefficient (Wildman–Crippen LogP) is 4.53. The zero-order chi connectivity index (χ0) is 19.1. The van der Waals surface area contributed by atoms with Crippen LogP contribution in [0.3, 0.4) is 0 Å². The molecule has 134 valence electrons. The van der Waals surface area contributed by atoms with E-state index in [1.165, 1.54) is 34.4 Å². The number of hydrogen-bond acceptors (Lipinski definition) is 4. The second-order valence-electron chi connectivity index (χ2n) is 5.77. The van der Waals surface area contributed by atoms with E-state index >= 15 is 0 Å². The summed E-state index contributed by atoms with van der Waals surface area (Å²) in [7, 11) is 0. The fourth-order valence-corrected chi connectivity index (χ4v) is 4.08. The van der Waals surface area contributed by atoms with Crippen molar-refractivity contribution in [3.63, 3.8) is 0 Å². The molecule has 4 rings (SSSR count). The van der Waals surface area contributed by atoms with Crippen LogP contribution in [0.5, 0.6) is 0 Å². The smallest absolute Gasteiger partial charge is 0.270 e. The van der Waals surface area contributed by atoms with Crippen molar-refractivity contribution in [3.05, 3.63) is 69.8 Å². The number of nitrogens with zero attached hydrogens (tertiary/aromatic N) is 1. The van der Waals surface area contributed by atoms with Gasteiger partial charge in [-0.05, 0) is 71.7 Å². The molecular weight excluding hydrogens is 407 g/mol. The number of carbonyl (C=O) groups is 2. The van der Waals surface area contributed by atoms with E-state index in [0.29, 0.717) is 21.7 Å². The fourth-order valence-electron chi connectivity index (χ4n) is 2.77. The van der Waals surface area contributed by atoms with Crippen LogP contribution >= 0.6 is 35.2 Å². The monoisotopic (exact) mass is 416 g/mol. The van der Waals surface area contributed by atoms with Crippen LogP contribution in [0, 0.1) is 5.82 Å². The van der Waals surface area contributed by atoms with Crippen molar-refractivity contribution in [1.82, 2.24) is 5.32 Å². The summed E-state index contributed by atoms with van der Waals surface area (Å²) >= 11 is 12.5. The van der Waals surface area contributed by atoms with E-state index in [0.717, 1.165) is 4.70 Å². The largest absolute Gasteiger partial charge is 0.298 e. The highest BCUT2D eigenvalue weighted by Crippen LogP contribution is 2.30. The average molecular weight is 417 g/mol. The second-order valence-corrected chi connectivity index (χ2v) is 7.50. The number of carbonyl (C=O) groups excluding carboxylic acids is 2. The van der Waals surface area contributed by atoms with Crippen molar-refractivity contribution in [2.24, 2.45) is 0 Å². The number of nitrogens with one attached hydrogen (secondary N) is 1. The summed E-state index contributed by atoms with van der Waals surface area (Å²) in [6.45, 7) is 0. The minimum atomic E-state index is -0.592. The summed E-state index contributed by atoms with van der Waals surface area (Å²) in [6, 6.07) is 10.9. The Balaban J connectivity index is 1.79. The molecule has 1 aliphatic rings. The maximum absolute atomic E-state index is 13.6. The van der Waals surface area contributed by atoms with Crippen molar-refractivity contribution >= 4 is 73.9 Å². The first-order valence-corrected chi connectivity index (χ1v) is 9.44. The standard InChI is InChI=1S/C19H10ClFN2O2S2/c20-11-1-4-13(5-2-11)23-18(25)15(17(24)22-19(23)26)7-10-9-27-16-6-3-12(21)8-14(10)16/h1-9H,(H,22,24,26)/b15-7+. The van der Waals surface area contributed by atoms with Crippen molar-refractivity contribution in [3.8, 4) is 0 Å². The zero-order valence-electron chi connectivity index (χ0n) is 13.5. The first-order chi connectivity index (χ1) is 12.9. The average Bonchev–Trinajstić information content (AvgIpc) is 3.02. The third kappa shape index (κ3) is 3.25. The highest BCUT2D eigenvalue weighted by molar-refractivity contribution is 7.80. The summed E-state index contributed by atoms with van der Waals surface area (Å²) in [5.74, 6) is -1.53. The maximum Gasteiger partial charge on any atom is 0.270 e. The molecule has 1 aliphatic heterocycles. The summed E-state index contributed by atoms with van der Waals surface area (Å²) in [4.78, 5) is 26.6. The molecule has 2 aromatic carbocycles. The van der Waals surface area contributed by atoms with Gasteiger partial charge in [0, 0.05) is 15.1 Å². The van der Waals surface area contributed by atoms with E-state index in [9.17, 15) is 14.0 Å². The maximum atomic E-state index is 13.6. The lowest BCUT2D eigenvalue weighted by Crippen LogP contribution is -2.54. The lowest BCUT2D eigenvalue weighted by atomic mass is 10.1. The van der Waals surface area contributed by atoms with Gasteiger partial charge in [0.25, 0.3) is 11.8 Å². The molecule has 1 aromatic heterocycles. The van der Waals surface area contributed by atoms with Gasteiger partial charge in [-0.1, -0.05) is 11.6 Å². The van der Waals surface area contributed by atoms with Gasteiger partial charge in [-0.25, -0.2) is 4.39 Å². The van der Waals surface area contributed by atoms with E-state index in [-0.39, 0.29) is 16.5 Å². The Labute approximate surface area is 167 Å². The van der Waals surface area contributed by atoms with Crippen LogP contribution in [0.1, 0.15) is 5.56 Å². The quantitative estimate of drug-likeness (QED) is 0.379. The number of thiophene rings is 1. The topological polar surface area (TPSA) is 49.4 Å². The van der Waals surface area contributed by atoms with Gasteiger partial charge in [-0.2, -0.15) is 0 Å². The molecule has 1 fully saturated rings. The SMILES string of the molecule is O=C1NC(=S)N(c2ccc(Cl)cc2)C(=O)/C1=C/c1csc2ccc(F)cc12. The number of rotatable bonds is 2. The summed E-state index contributed by atoms with van der Waals surface area (Å²) in [6.07, 6.45) is 1.46. The molecule has 8 heteroatoms. The van der Waals surface area contributed by atoms with E-state index in [1.54, 1.807) is 35.7 Å². The normalized spacial score (nSPS) is 16.3. The summed E-state index contributed by atoms with van der Waals surface area (Å²) < 4.78 is 14.5. The van der Waals surface area contributed by atoms with Crippen molar-refractivity contribution in [1.29, 1.82) is 0 Å². The number of fused-ring (bicyclic) bond motifs is 1. The molecule has 0 unspecified atom stereocenters. The van der Waals surface area contributed by atoms with Crippen LogP contribution in [0.2, 0.25) is 5.02 Å². The van der Waals surface area contributed by atoms with Crippen LogP contribution in [-0.2, 0) is 9.59 Å². The Morgan fingerprint density at radius 2 is 1.89 bits per heavy atom. The first kappa shape index (κ1) is 17.8. The van der Waals surface area contributed by atoms with Crippen LogP contribution in [0.25, 0.3) is 16.2 Å². The van der Waals surface area contributed by atoms with Gasteiger partial charge in [0.05, 0.1) is 5.69 Å². The number of amides is 2. The molecule has 0 aliphatic carbocycles. The molecule has 1 N–H and O–H groups in total. The summed E-state index contributed by atoms with van der Waals surface area (Å²) in [5.41, 5.74) is 1.00. The van der Waals surface area contributed by atoms with Crippen LogP contribution in [-0.4, -0.2) is 16.9 Å². The number of thiocarbonyl (C=S) groups is 1. The highest BCUT2D eigenvalue weighted by atomic mass is 35.5. The number of benzene rings is 2. The van der Waals surface area contributed by atoms with Crippen LogP contribution in [0.4, 0.5) is 10.1 Å². The molecule has 0 atom stereocenters. The second kappa shape index (κ2) is 6.84. The Morgan fingerprint density at radius 1 is 1.15 bits per heavy atom. The Kier molecular flexibility index (Phi) is 4.51. The van der Waals surface area contributed by atoms with Gasteiger partial charge < -0.3 is 0 Å². The van der Waals surface area contributed by atoms with Gasteiger partial charge in [0.15, 0.2) is 5.11 Å². The lowest BCUT2D eigenvalue weighted by Gasteiger charge is -2.28. The zero-order valence-corrected chi connectivity index (χ0v) is 15.9. The predicted molar refractivity (Wildman–Crippen MR) is 109 cm³/mol. The lowest BCUT2D eigenvalue weighted by molar-refractivity contribution is -0.122. The van der Waals surface area contributed by atoms with E-state index in [1.807, 2.05) is 0 Å². The van der Waals surface area contributed by atoms with Crippen molar-refractivity contribution < 1.29 is 14.0 Å². The molecule has 2 heterocycles. The molecule has 0 saturated carbocycles. The van der Waals surface area contributed by atoms with Crippen molar-refractivity contribution in [2.45, 2.75) is 0 Å². The molecule has 3 aromatic rings. The molecule has 0 radical (unpaired) electrons. The molecule has 4 nitrogen and oxygen atoms in total. The minimum Gasteiger partial charge on any atom is -0.298 e. The van der Waals surface area contributed by atoms with E-state index in [4.69, 9.17) is 23.8 Å². The van der Waals surface area contributed by atoms with Gasteiger partial charge in [0.1, 0.15) is 11.4 Å². The molecule has 0 bridgehead atoms. The Morgan fingerprint density at radius 3 is 2.63 bits per heavy atom. The highest BCUT2D eigenvalue weighted by Gasteiger charge is 2.34. The summed E-state index contributed by atoms with van der Waals surface area (Å²) in [5, 5.41) is 5.44. The van der Waals surface area contributed by atoms with E-state index in [2.05, 4.69) is 5.32 Å². The van der Waals surface area contributed by atoms with Gasteiger partial charge in [-0.15, -0.1) is 11.3 Å². The first-order valence-electron chi connectivity index (χ1n) is 7.78. The molecule has 27 heavy (non-hydrogen) atoms. The molecule has 2 amide bonds. The minimum absolute atomic E-state index is 0.00862. The number of anilines is 1. The van der Waals surface area contributed by atoms with Crippen LogP contribution < -0.4 is 10.2 Å².